The SMILES string of the molecule is CN(C(=O)C(=O)OC(C)(C)C)c1ccc(Br)s1. The monoisotopic (exact) mass is 319 g/mol. The Hall–Kier alpha value is -0.880. The number of nitrogens with zero attached hydrogens (tertiary/aromatic N) is 1. The third-order valence-corrected chi connectivity index (χ3v) is 3.47. The molecular formula is C11H14BrNO3S. The molecule has 0 radical (unpaired) electrons. The van der Waals surface area contributed by atoms with E-state index in [1.54, 1.807) is 33.9 Å². The van der Waals surface area contributed by atoms with Crippen molar-refractivity contribution in [2.75, 3.05) is 11.9 Å². The van der Waals surface area contributed by atoms with Crippen molar-refractivity contribution in [3.63, 3.8) is 0 Å². The van der Waals surface area contributed by atoms with Crippen LogP contribution in [0.25, 0.3) is 0 Å². The molecule has 94 valence electrons. The summed E-state index contributed by atoms with van der Waals surface area (Å²) in [6.07, 6.45) is 0. The van der Waals surface area contributed by atoms with Crippen LogP contribution < -0.4 is 4.90 Å². The number of halogens is 1. The molecule has 1 heterocycles. The summed E-state index contributed by atoms with van der Waals surface area (Å²) in [5.74, 6) is -1.52. The second-order valence-electron chi connectivity index (χ2n) is 4.44. The van der Waals surface area contributed by atoms with E-state index in [0.717, 1.165) is 3.79 Å². The maximum absolute atomic E-state index is 11.8. The highest BCUT2D eigenvalue weighted by atomic mass is 79.9. The maximum atomic E-state index is 11.8. The molecule has 0 aliphatic carbocycles. The van der Waals surface area contributed by atoms with Crippen molar-refractivity contribution in [3.8, 4) is 0 Å². The first kappa shape index (κ1) is 14.2. The van der Waals surface area contributed by atoms with Crippen LogP contribution in [-0.2, 0) is 14.3 Å². The zero-order valence-electron chi connectivity index (χ0n) is 10.1. The molecule has 1 rings (SSSR count). The van der Waals surface area contributed by atoms with Crippen molar-refractivity contribution >= 4 is 44.1 Å². The van der Waals surface area contributed by atoms with Crippen LogP contribution in [0.15, 0.2) is 15.9 Å². The lowest BCUT2D eigenvalue weighted by Gasteiger charge is -2.21. The molecule has 0 unspecified atom stereocenters. The highest BCUT2D eigenvalue weighted by Gasteiger charge is 2.26. The zero-order chi connectivity index (χ0) is 13.2. The molecule has 1 aromatic heterocycles. The molecule has 0 saturated heterocycles. The Morgan fingerprint density at radius 1 is 1.35 bits per heavy atom. The van der Waals surface area contributed by atoms with Crippen molar-refractivity contribution < 1.29 is 14.3 Å². The molecule has 1 amide bonds. The number of carbonyl (C=O) groups excluding carboxylic acids is 2. The van der Waals surface area contributed by atoms with E-state index < -0.39 is 17.5 Å². The summed E-state index contributed by atoms with van der Waals surface area (Å²) in [6.45, 7) is 5.17. The fourth-order valence-corrected chi connectivity index (χ4v) is 2.37. The number of amides is 1. The Kier molecular flexibility index (Phi) is 4.32. The zero-order valence-corrected chi connectivity index (χ0v) is 12.5. The fourth-order valence-electron chi connectivity index (χ4n) is 1.04. The van der Waals surface area contributed by atoms with E-state index in [0.29, 0.717) is 5.00 Å². The molecule has 0 aliphatic heterocycles. The summed E-state index contributed by atoms with van der Waals surface area (Å²) >= 11 is 4.67. The van der Waals surface area contributed by atoms with E-state index in [1.165, 1.54) is 16.2 Å². The number of thiophene rings is 1. The molecule has 17 heavy (non-hydrogen) atoms. The van der Waals surface area contributed by atoms with Gasteiger partial charge in [0, 0.05) is 7.05 Å². The van der Waals surface area contributed by atoms with E-state index >= 15 is 0 Å². The first-order valence-corrected chi connectivity index (χ1v) is 6.58. The Balaban J connectivity index is 2.74. The van der Waals surface area contributed by atoms with Crippen LogP contribution in [0, 0.1) is 0 Å². The summed E-state index contributed by atoms with van der Waals surface area (Å²) in [6, 6.07) is 3.58. The molecule has 0 saturated carbocycles. The van der Waals surface area contributed by atoms with Gasteiger partial charge in [-0.15, -0.1) is 11.3 Å². The molecule has 6 heteroatoms. The average molecular weight is 320 g/mol. The van der Waals surface area contributed by atoms with Gasteiger partial charge < -0.3 is 4.74 Å². The highest BCUT2D eigenvalue weighted by Crippen LogP contribution is 2.29. The summed E-state index contributed by atoms with van der Waals surface area (Å²) in [4.78, 5) is 24.6. The Bertz CT molecular complexity index is 436. The second-order valence-corrected chi connectivity index (χ2v) is 6.89. The van der Waals surface area contributed by atoms with Gasteiger partial charge in [0.1, 0.15) is 5.60 Å². The number of anilines is 1. The van der Waals surface area contributed by atoms with Gasteiger partial charge in [-0.2, -0.15) is 0 Å². The van der Waals surface area contributed by atoms with Gasteiger partial charge in [0.05, 0.1) is 8.79 Å². The van der Waals surface area contributed by atoms with E-state index in [2.05, 4.69) is 15.9 Å². The number of carbonyl (C=O) groups is 2. The predicted molar refractivity (Wildman–Crippen MR) is 71.3 cm³/mol. The minimum absolute atomic E-state index is 0.663. The largest absolute Gasteiger partial charge is 0.453 e. The Morgan fingerprint density at radius 3 is 2.35 bits per heavy atom. The molecule has 4 nitrogen and oxygen atoms in total. The third-order valence-electron chi connectivity index (χ3n) is 1.77. The minimum atomic E-state index is -0.843. The number of likely N-dealkylation sites (N-methyl/N-ethyl adjacent to an activating group) is 1. The summed E-state index contributed by atoms with van der Waals surface area (Å²) in [7, 11) is 1.55. The summed E-state index contributed by atoms with van der Waals surface area (Å²) in [5, 5.41) is 0.688. The number of ether oxygens (including phenoxy) is 1. The Morgan fingerprint density at radius 2 is 1.94 bits per heavy atom. The van der Waals surface area contributed by atoms with E-state index in [9.17, 15) is 9.59 Å². The normalized spacial score (nSPS) is 11.1. The predicted octanol–water partition coefficient (Wildman–Crippen LogP) is 2.82. The minimum Gasteiger partial charge on any atom is -0.453 e. The van der Waals surface area contributed by atoms with Crippen molar-refractivity contribution in [1.82, 2.24) is 0 Å². The van der Waals surface area contributed by atoms with Crippen LogP contribution in [0.4, 0.5) is 5.00 Å². The molecule has 0 aliphatic rings. The molecule has 0 atom stereocenters. The van der Waals surface area contributed by atoms with Crippen molar-refractivity contribution in [2.24, 2.45) is 0 Å². The van der Waals surface area contributed by atoms with Crippen molar-refractivity contribution in [1.29, 1.82) is 0 Å². The number of hydrogen-bond acceptors (Lipinski definition) is 4. The lowest BCUT2D eigenvalue weighted by molar-refractivity contribution is -0.162. The lowest BCUT2D eigenvalue weighted by Crippen LogP contribution is -2.38. The quantitative estimate of drug-likeness (QED) is 0.590. The van der Waals surface area contributed by atoms with Crippen molar-refractivity contribution in [2.45, 2.75) is 26.4 Å². The van der Waals surface area contributed by atoms with Gasteiger partial charge in [-0.1, -0.05) is 0 Å². The van der Waals surface area contributed by atoms with E-state index in [1.807, 2.05) is 6.07 Å². The Labute approximate surface area is 113 Å². The first-order chi connectivity index (χ1) is 7.70. The third kappa shape index (κ3) is 4.12. The smallest absolute Gasteiger partial charge is 0.397 e. The van der Waals surface area contributed by atoms with Gasteiger partial charge in [-0.25, -0.2) is 4.79 Å². The topological polar surface area (TPSA) is 46.6 Å². The van der Waals surface area contributed by atoms with E-state index in [-0.39, 0.29) is 0 Å². The molecule has 0 fully saturated rings. The van der Waals surface area contributed by atoms with Gasteiger partial charge >= 0.3 is 11.9 Å². The van der Waals surface area contributed by atoms with Gasteiger partial charge in [-0.3, -0.25) is 9.69 Å². The number of rotatable bonds is 1. The van der Waals surface area contributed by atoms with Crippen LogP contribution in [0.2, 0.25) is 0 Å². The standard InChI is InChI=1S/C11H14BrNO3S/c1-11(2,3)16-10(15)9(14)13(4)8-6-5-7(12)17-8/h5-6H,1-4H3. The fraction of sp³-hybridized carbons (Fsp3) is 0.455. The number of esters is 1. The van der Waals surface area contributed by atoms with Gasteiger partial charge in [0.2, 0.25) is 0 Å². The molecule has 0 bridgehead atoms. The highest BCUT2D eigenvalue weighted by molar-refractivity contribution is 9.11. The van der Waals surface area contributed by atoms with E-state index in [4.69, 9.17) is 4.74 Å². The molecule has 0 spiro atoms. The maximum Gasteiger partial charge on any atom is 0.397 e. The van der Waals surface area contributed by atoms with Crippen LogP contribution in [0.5, 0.6) is 0 Å². The van der Waals surface area contributed by atoms with Crippen LogP contribution in [-0.4, -0.2) is 24.5 Å². The van der Waals surface area contributed by atoms with Gasteiger partial charge in [0.15, 0.2) is 0 Å². The molecular weight excluding hydrogens is 306 g/mol. The molecule has 0 aromatic carbocycles. The lowest BCUT2D eigenvalue weighted by atomic mass is 10.2. The average Bonchev–Trinajstić information content (AvgIpc) is 2.60. The summed E-state index contributed by atoms with van der Waals surface area (Å²) < 4.78 is 5.91. The molecule has 0 N–H and O–H groups in total. The van der Waals surface area contributed by atoms with Crippen LogP contribution >= 0.6 is 27.3 Å². The second kappa shape index (κ2) is 5.18. The van der Waals surface area contributed by atoms with Gasteiger partial charge in [0.25, 0.3) is 0 Å². The van der Waals surface area contributed by atoms with Gasteiger partial charge in [-0.05, 0) is 48.8 Å². The van der Waals surface area contributed by atoms with Crippen LogP contribution in [0.3, 0.4) is 0 Å². The van der Waals surface area contributed by atoms with Crippen molar-refractivity contribution in [3.05, 3.63) is 15.9 Å². The number of hydrogen-bond donors (Lipinski definition) is 0. The summed E-state index contributed by atoms with van der Waals surface area (Å²) in [5.41, 5.74) is -0.663. The first-order valence-electron chi connectivity index (χ1n) is 4.97. The molecule has 1 aromatic rings. The van der Waals surface area contributed by atoms with Crippen LogP contribution in [0.1, 0.15) is 20.8 Å².